The number of amides is 2. The first kappa shape index (κ1) is 16.2. The van der Waals surface area contributed by atoms with Gasteiger partial charge in [-0.05, 0) is 26.7 Å². The topological polar surface area (TPSA) is 84.2 Å². The Kier molecular flexibility index (Phi) is 6.49. The maximum absolute atomic E-state index is 11.6. The maximum atomic E-state index is 11.6. The molecule has 4 N–H and O–H groups in total. The zero-order valence-corrected chi connectivity index (χ0v) is 11.2. The lowest BCUT2D eigenvalue weighted by Crippen LogP contribution is -2.44. The van der Waals surface area contributed by atoms with Crippen LogP contribution < -0.4 is 16.4 Å². The van der Waals surface area contributed by atoms with Crippen molar-refractivity contribution in [1.82, 2.24) is 10.6 Å². The van der Waals surface area contributed by atoms with Crippen LogP contribution in [0.5, 0.6) is 0 Å². The van der Waals surface area contributed by atoms with Gasteiger partial charge >= 0.3 is 0 Å². The Bertz CT molecular complexity index is 278. The third-order valence-electron chi connectivity index (χ3n) is 2.78. The molecule has 2 amide bonds. The Balaban J connectivity index is 0.00000256. The molecule has 5 nitrogen and oxygen atoms in total. The van der Waals surface area contributed by atoms with Crippen LogP contribution in [0.15, 0.2) is 0 Å². The summed E-state index contributed by atoms with van der Waals surface area (Å²) in [5.41, 5.74) is 4.94. The molecule has 1 fully saturated rings. The summed E-state index contributed by atoms with van der Waals surface area (Å²) < 4.78 is 0. The van der Waals surface area contributed by atoms with E-state index in [1.54, 1.807) is 13.8 Å². The Hall–Kier alpha value is -0.810. The highest BCUT2D eigenvalue weighted by Gasteiger charge is 2.29. The monoisotopic (exact) mass is 263 g/mol. The van der Waals surface area contributed by atoms with Gasteiger partial charge in [0.05, 0.1) is 5.41 Å². The van der Waals surface area contributed by atoms with Crippen molar-refractivity contribution < 1.29 is 9.59 Å². The van der Waals surface area contributed by atoms with Gasteiger partial charge in [-0.1, -0.05) is 0 Å². The van der Waals surface area contributed by atoms with Crippen LogP contribution in [0.3, 0.4) is 0 Å². The van der Waals surface area contributed by atoms with Gasteiger partial charge in [-0.25, -0.2) is 0 Å². The molecule has 0 spiro atoms. The molecule has 17 heavy (non-hydrogen) atoms. The number of hydrogen-bond acceptors (Lipinski definition) is 3. The molecule has 0 aromatic rings. The smallest absolute Gasteiger partial charge is 0.226 e. The van der Waals surface area contributed by atoms with Crippen LogP contribution >= 0.6 is 12.4 Å². The number of hydrogen-bond donors (Lipinski definition) is 3. The third kappa shape index (κ3) is 5.37. The van der Waals surface area contributed by atoms with Gasteiger partial charge in [0, 0.05) is 25.6 Å². The molecule has 0 bridgehead atoms. The Morgan fingerprint density at radius 1 is 1.24 bits per heavy atom. The predicted molar refractivity (Wildman–Crippen MR) is 68.8 cm³/mol. The van der Waals surface area contributed by atoms with Crippen molar-refractivity contribution in [2.24, 2.45) is 17.1 Å². The van der Waals surface area contributed by atoms with Gasteiger partial charge in [0.2, 0.25) is 11.8 Å². The molecule has 6 heteroatoms. The second kappa shape index (κ2) is 6.81. The second-order valence-corrected chi connectivity index (χ2v) is 4.91. The number of carbonyl (C=O) groups excluding carboxylic acids is 2. The van der Waals surface area contributed by atoms with Crippen LogP contribution in [0, 0.1) is 11.3 Å². The molecule has 0 aromatic heterocycles. The van der Waals surface area contributed by atoms with Crippen LogP contribution in [-0.4, -0.2) is 31.4 Å². The van der Waals surface area contributed by atoms with Crippen molar-refractivity contribution in [3.05, 3.63) is 0 Å². The molecule has 0 heterocycles. The minimum Gasteiger partial charge on any atom is -0.354 e. The first-order valence-electron chi connectivity index (χ1n) is 5.73. The first-order chi connectivity index (χ1) is 7.47. The summed E-state index contributed by atoms with van der Waals surface area (Å²) in [5.74, 6) is 0.249. The van der Waals surface area contributed by atoms with Gasteiger partial charge in [0.15, 0.2) is 0 Å². The fourth-order valence-corrected chi connectivity index (χ4v) is 1.18. The summed E-state index contributed by atoms with van der Waals surface area (Å²) in [6.07, 6.45) is 2.00. The molecule has 0 saturated heterocycles. The molecule has 1 saturated carbocycles. The van der Waals surface area contributed by atoms with Gasteiger partial charge in [-0.15, -0.1) is 12.4 Å². The van der Waals surface area contributed by atoms with E-state index < -0.39 is 5.41 Å². The lowest BCUT2D eigenvalue weighted by Gasteiger charge is -2.21. The summed E-state index contributed by atoms with van der Waals surface area (Å²) in [6.45, 7) is 4.85. The maximum Gasteiger partial charge on any atom is 0.226 e. The summed E-state index contributed by atoms with van der Waals surface area (Å²) in [4.78, 5) is 22.8. The standard InChI is InChI=1S/C11H21N3O2.ClH/c1-11(2,7-12)10(16)14-6-5-13-9(15)8-3-4-8;/h8H,3-7,12H2,1-2H3,(H,13,15)(H,14,16);1H. The normalized spacial score (nSPS) is 14.8. The largest absolute Gasteiger partial charge is 0.354 e. The van der Waals surface area contributed by atoms with E-state index in [-0.39, 0.29) is 30.1 Å². The number of nitrogens with one attached hydrogen (secondary N) is 2. The van der Waals surface area contributed by atoms with Crippen molar-refractivity contribution in [2.75, 3.05) is 19.6 Å². The highest BCUT2D eigenvalue weighted by atomic mass is 35.5. The summed E-state index contributed by atoms with van der Waals surface area (Å²) >= 11 is 0. The van der Waals surface area contributed by atoms with Gasteiger partial charge in [0.1, 0.15) is 0 Å². The average Bonchev–Trinajstić information content (AvgIpc) is 3.07. The zero-order chi connectivity index (χ0) is 12.2. The lowest BCUT2D eigenvalue weighted by molar-refractivity contribution is -0.129. The molecule has 1 aliphatic carbocycles. The Morgan fingerprint density at radius 3 is 2.24 bits per heavy atom. The molecule has 1 rings (SSSR count). The molecule has 0 unspecified atom stereocenters. The second-order valence-electron chi connectivity index (χ2n) is 4.91. The van der Waals surface area contributed by atoms with E-state index in [1.807, 2.05) is 0 Å². The quantitative estimate of drug-likeness (QED) is 0.592. The first-order valence-corrected chi connectivity index (χ1v) is 5.73. The minimum atomic E-state index is -0.541. The van der Waals surface area contributed by atoms with Crippen LogP contribution in [0.4, 0.5) is 0 Å². The van der Waals surface area contributed by atoms with Gasteiger partial charge < -0.3 is 16.4 Å². The lowest BCUT2D eigenvalue weighted by atomic mass is 9.93. The van der Waals surface area contributed by atoms with E-state index in [1.165, 1.54) is 0 Å². The Labute approximate surface area is 108 Å². The van der Waals surface area contributed by atoms with E-state index >= 15 is 0 Å². The summed E-state index contributed by atoms with van der Waals surface area (Å²) in [5, 5.41) is 5.54. The summed E-state index contributed by atoms with van der Waals surface area (Å²) in [6, 6.07) is 0. The van der Waals surface area contributed by atoms with Crippen molar-refractivity contribution >= 4 is 24.2 Å². The van der Waals surface area contributed by atoms with Crippen LogP contribution in [0.25, 0.3) is 0 Å². The molecule has 0 radical (unpaired) electrons. The van der Waals surface area contributed by atoms with E-state index in [9.17, 15) is 9.59 Å². The van der Waals surface area contributed by atoms with Crippen LogP contribution in [0.1, 0.15) is 26.7 Å². The highest BCUT2D eigenvalue weighted by molar-refractivity contribution is 5.85. The molecule has 1 aliphatic rings. The number of carbonyl (C=O) groups is 2. The van der Waals surface area contributed by atoms with Crippen molar-refractivity contribution in [2.45, 2.75) is 26.7 Å². The van der Waals surface area contributed by atoms with Crippen molar-refractivity contribution in [3.63, 3.8) is 0 Å². The fourth-order valence-electron chi connectivity index (χ4n) is 1.18. The molecule has 0 atom stereocenters. The van der Waals surface area contributed by atoms with E-state index in [0.717, 1.165) is 12.8 Å². The third-order valence-corrected chi connectivity index (χ3v) is 2.78. The van der Waals surface area contributed by atoms with E-state index in [2.05, 4.69) is 10.6 Å². The van der Waals surface area contributed by atoms with Crippen molar-refractivity contribution in [3.8, 4) is 0 Å². The Morgan fingerprint density at radius 2 is 1.76 bits per heavy atom. The SMILES string of the molecule is CC(C)(CN)C(=O)NCCNC(=O)C1CC1.Cl. The molecular formula is C11H22ClN3O2. The van der Waals surface area contributed by atoms with Crippen LogP contribution in [-0.2, 0) is 9.59 Å². The minimum absolute atomic E-state index is 0. The number of rotatable bonds is 6. The predicted octanol–water partition coefficient (Wildman–Crippen LogP) is 0.0355. The van der Waals surface area contributed by atoms with Gasteiger partial charge in [-0.2, -0.15) is 0 Å². The molecular weight excluding hydrogens is 242 g/mol. The van der Waals surface area contributed by atoms with Crippen molar-refractivity contribution in [1.29, 1.82) is 0 Å². The highest BCUT2D eigenvalue weighted by Crippen LogP contribution is 2.28. The molecule has 100 valence electrons. The summed E-state index contributed by atoms with van der Waals surface area (Å²) in [7, 11) is 0. The van der Waals surface area contributed by atoms with E-state index in [4.69, 9.17) is 5.73 Å². The van der Waals surface area contributed by atoms with E-state index in [0.29, 0.717) is 19.6 Å². The average molecular weight is 264 g/mol. The number of nitrogens with two attached hydrogens (primary N) is 1. The fraction of sp³-hybridized carbons (Fsp3) is 0.818. The zero-order valence-electron chi connectivity index (χ0n) is 10.4. The van der Waals surface area contributed by atoms with Gasteiger partial charge in [0.25, 0.3) is 0 Å². The van der Waals surface area contributed by atoms with Gasteiger partial charge in [-0.3, -0.25) is 9.59 Å². The van der Waals surface area contributed by atoms with Crippen LogP contribution in [0.2, 0.25) is 0 Å². The number of halogens is 1. The molecule has 0 aromatic carbocycles. The molecule has 0 aliphatic heterocycles.